The van der Waals surface area contributed by atoms with E-state index in [9.17, 15) is 4.79 Å². The van der Waals surface area contributed by atoms with Crippen molar-refractivity contribution in [3.63, 3.8) is 0 Å². The Morgan fingerprint density at radius 2 is 1.96 bits per heavy atom. The summed E-state index contributed by atoms with van der Waals surface area (Å²) in [5.74, 6) is 1.19. The fraction of sp³-hybridized carbons (Fsp3) is 0.875. The molecule has 0 aromatic heterocycles. The fourth-order valence-corrected chi connectivity index (χ4v) is 2.39. The molecule has 2 fully saturated rings. The number of carbonyl (C=O) groups excluding carboxylic acids is 1. The first-order valence-corrected chi connectivity index (χ1v) is 8.38. The summed E-state index contributed by atoms with van der Waals surface area (Å²) in [6, 6.07) is 0.324. The van der Waals surface area contributed by atoms with Crippen LogP contribution >= 0.6 is 24.0 Å². The number of hydrogen-bond acceptors (Lipinski definition) is 3. The number of nitrogens with two attached hydrogens (primary N) is 1. The second kappa shape index (κ2) is 8.94. The number of halogens is 1. The predicted molar refractivity (Wildman–Crippen MR) is 103 cm³/mol. The van der Waals surface area contributed by atoms with Crippen LogP contribution in [0.4, 0.5) is 4.79 Å². The van der Waals surface area contributed by atoms with Gasteiger partial charge in [-0.1, -0.05) is 6.42 Å². The first-order valence-electron chi connectivity index (χ1n) is 8.38. The number of aliphatic imine (C=N–C) groups is 1. The van der Waals surface area contributed by atoms with Crippen LogP contribution in [0.3, 0.4) is 0 Å². The number of nitrogens with one attached hydrogen (secondary N) is 1. The van der Waals surface area contributed by atoms with E-state index in [-0.39, 0.29) is 30.1 Å². The summed E-state index contributed by atoms with van der Waals surface area (Å²) in [6.07, 6.45) is 5.74. The number of hydrogen-bond donors (Lipinski definition) is 2. The average molecular weight is 438 g/mol. The lowest BCUT2D eigenvalue weighted by Crippen LogP contribution is -2.44. The molecule has 0 aromatic carbocycles. The van der Waals surface area contributed by atoms with Gasteiger partial charge in [0.25, 0.3) is 0 Å². The van der Waals surface area contributed by atoms with E-state index in [4.69, 9.17) is 10.5 Å². The van der Waals surface area contributed by atoms with Gasteiger partial charge in [-0.05, 0) is 52.4 Å². The molecule has 0 spiro atoms. The molecule has 2 aliphatic carbocycles. The van der Waals surface area contributed by atoms with E-state index in [1.54, 1.807) is 4.90 Å². The third-order valence-electron chi connectivity index (χ3n) is 4.02. The number of nitrogens with zero attached hydrogens (tertiary/aromatic N) is 2. The summed E-state index contributed by atoms with van der Waals surface area (Å²) in [5.41, 5.74) is 5.40. The molecule has 0 aromatic rings. The SMILES string of the molecule is CC(C)(C)OC(=O)N(CCNC(N)=NCC1CCC1)C1CC1.I. The zero-order chi connectivity index (χ0) is 16.2. The molecule has 23 heavy (non-hydrogen) atoms. The Balaban J connectivity index is 0.00000264. The first-order chi connectivity index (χ1) is 10.3. The minimum absolute atomic E-state index is 0. The van der Waals surface area contributed by atoms with E-state index in [1.807, 2.05) is 20.8 Å². The summed E-state index contributed by atoms with van der Waals surface area (Å²) < 4.78 is 5.46. The summed E-state index contributed by atoms with van der Waals surface area (Å²) in [5, 5.41) is 3.10. The number of guanidine groups is 1. The summed E-state index contributed by atoms with van der Waals surface area (Å²) >= 11 is 0. The minimum atomic E-state index is -0.457. The molecule has 2 saturated carbocycles. The molecule has 0 heterocycles. The van der Waals surface area contributed by atoms with Gasteiger partial charge >= 0.3 is 6.09 Å². The van der Waals surface area contributed by atoms with Gasteiger partial charge in [-0.2, -0.15) is 0 Å². The number of rotatable bonds is 6. The van der Waals surface area contributed by atoms with Crippen LogP contribution in [0.25, 0.3) is 0 Å². The lowest BCUT2D eigenvalue weighted by atomic mass is 9.86. The van der Waals surface area contributed by atoms with Crippen molar-refractivity contribution in [1.29, 1.82) is 0 Å². The van der Waals surface area contributed by atoms with Gasteiger partial charge in [-0.25, -0.2) is 4.79 Å². The molecule has 0 bridgehead atoms. The van der Waals surface area contributed by atoms with Crippen LogP contribution in [0.5, 0.6) is 0 Å². The highest BCUT2D eigenvalue weighted by Crippen LogP contribution is 2.28. The van der Waals surface area contributed by atoms with Crippen LogP contribution in [-0.2, 0) is 4.74 Å². The molecular formula is C16H31IN4O2. The first kappa shape index (κ1) is 20.3. The average Bonchev–Trinajstić information content (AvgIpc) is 3.14. The number of carbonyl (C=O) groups is 1. The van der Waals surface area contributed by atoms with E-state index >= 15 is 0 Å². The Bertz CT molecular complexity index is 415. The minimum Gasteiger partial charge on any atom is -0.444 e. The highest BCUT2D eigenvalue weighted by Gasteiger charge is 2.34. The Morgan fingerprint density at radius 3 is 2.43 bits per heavy atom. The number of amides is 1. The summed E-state index contributed by atoms with van der Waals surface area (Å²) in [6.45, 7) is 7.68. The van der Waals surface area contributed by atoms with Crippen molar-refractivity contribution >= 4 is 36.0 Å². The van der Waals surface area contributed by atoms with Crippen LogP contribution in [-0.4, -0.2) is 48.2 Å². The van der Waals surface area contributed by atoms with Crippen molar-refractivity contribution in [3.8, 4) is 0 Å². The maximum atomic E-state index is 12.2. The molecule has 3 N–H and O–H groups in total. The van der Waals surface area contributed by atoms with E-state index in [0.717, 1.165) is 19.4 Å². The summed E-state index contributed by atoms with van der Waals surface area (Å²) in [7, 11) is 0. The van der Waals surface area contributed by atoms with Crippen molar-refractivity contribution in [2.45, 2.75) is 64.5 Å². The predicted octanol–water partition coefficient (Wildman–Crippen LogP) is 2.71. The van der Waals surface area contributed by atoms with E-state index in [1.165, 1.54) is 19.3 Å². The van der Waals surface area contributed by atoms with Gasteiger partial charge < -0.3 is 20.7 Å². The van der Waals surface area contributed by atoms with E-state index in [2.05, 4.69) is 10.3 Å². The molecule has 0 radical (unpaired) electrons. The molecule has 0 aliphatic heterocycles. The Morgan fingerprint density at radius 1 is 1.30 bits per heavy atom. The summed E-state index contributed by atoms with van der Waals surface area (Å²) in [4.78, 5) is 18.4. The molecule has 0 saturated heterocycles. The molecule has 1 amide bonds. The third kappa shape index (κ3) is 7.58. The molecule has 2 rings (SSSR count). The van der Waals surface area contributed by atoms with Crippen LogP contribution in [0.1, 0.15) is 52.9 Å². The molecule has 0 atom stereocenters. The normalized spacial score (nSPS) is 18.7. The molecule has 7 heteroatoms. The Labute approximate surface area is 156 Å². The Kier molecular flexibility index (Phi) is 7.89. The molecule has 6 nitrogen and oxygen atoms in total. The van der Waals surface area contributed by atoms with Gasteiger partial charge in [0.1, 0.15) is 5.60 Å². The van der Waals surface area contributed by atoms with Crippen LogP contribution in [0.15, 0.2) is 4.99 Å². The maximum absolute atomic E-state index is 12.2. The van der Waals surface area contributed by atoms with E-state index < -0.39 is 5.60 Å². The van der Waals surface area contributed by atoms with Gasteiger partial charge in [0.05, 0.1) is 0 Å². The lowest BCUT2D eigenvalue weighted by molar-refractivity contribution is 0.0238. The van der Waals surface area contributed by atoms with Gasteiger partial charge in [0.2, 0.25) is 0 Å². The van der Waals surface area contributed by atoms with Gasteiger partial charge in [-0.3, -0.25) is 4.99 Å². The quantitative estimate of drug-likeness (QED) is 0.380. The second-order valence-electron chi connectivity index (χ2n) is 7.35. The molecule has 2 aliphatic rings. The van der Waals surface area contributed by atoms with Crippen molar-refractivity contribution in [2.75, 3.05) is 19.6 Å². The van der Waals surface area contributed by atoms with Crippen LogP contribution < -0.4 is 11.1 Å². The zero-order valence-corrected chi connectivity index (χ0v) is 16.8. The topological polar surface area (TPSA) is 80.0 Å². The molecular weight excluding hydrogens is 407 g/mol. The highest BCUT2D eigenvalue weighted by molar-refractivity contribution is 14.0. The third-order valence-corrected chi connectivity index (χ3v) is 4.02. The molecule has 134 valence electrons. The largest absolute Gasteiger partial charge is 0.444 e. The molecule has 0 unspecified atom stereocenters. The highest BCUT2D eigenvalue weighted by atomic mass is 127. The van der Waals surface area contributed by atoms with Gasteiger partial charge in [0, 0.05) is 25.7 Å². The van der Waals surface area contributed by atoms with Crippen LogP contribution in [0, 0.1) is 5.92 Å². The van der Waals surface area contributed by atoms with Crippen molar-refractivity contribution in [2.24, 2.45) is 16.6 Å². The van der Waals surface area contributed by atoms with Gasteiger partial charge in [0.15, 0.2) is 5.96 Å². The monoisotopic (exact) mass is 438 g/mol. The second-order valence-corrected chi connectivity index (χ2v) is 7.35. The van der Waals surface area contributed by atoms with Crippen molar-refractivity contribution in [1.82, 2.24) is 10.2 Å². The fourth-order valence-electron chi connectivity index (χ4n) is 2.39. The van der Waals surface area contributed by atoms with Gasteiger partial charge in [-0.15, -0.1) is 24.0 Å². The smallest absolute Gasteiger partial charge is 0.410 e. The Hall–Kier alpha value is -0.730. The number of ether oxygens (including phenoxy) is 1. The van der Waals surface area contributed by atoms with E-state index in [0.29, 0.717) is 31.0 Å². The van der Waals surface area contributed by atoms with Crippen molar-refractivity contribution in [3.05, 3.63) is 0 Å². The maximum Gasteiger partial charge on any atom is 0.410 e. The zero-order valence-electron chi connectivity index (χ0n) is 14.5. The van der Waals surface area contributed by atoms with Crippen LogP contribution in [0.2, 0.25) is 0 Å². The van der Waals surface area contributed by atoms with Crippen molar-refractivity contribution < 1.29 is 9.53 Å². The standard InChI is InChI=1S/C16H30N4O2.HI/c1-16(2,3)22-15(21)20(13-7-8-13)10-9-18-14(17)19-11-12-5-4-6-12;/h12-13H,4-11H2,1-3H3,(H3,17,18,19);1H. The lowest BCUT2D eigenvalue weighted by Gasteiger charge is -2.27.